The Balaban J connectivity index is 1.30. The lowest BCUT2D eigenvalue weighted by Gasteiger charge is -2.34. The molecule has 1 aromatic rings. The van der Waals surface area contributed by atoms with Crippen LogP contribution < -0.4 is 5.32 Å². The van der Waals surface area contributed by atoms with Crippen molar-refractivity contribution in [2.45, 2.75) is 58.2 Å². The van der Waals surface area contributed by atoms with E-state index < -0.39 is 11.6 Å². The van der Waals surface area contributed by atoms with Crippen LogP contribution in [0.5, 0.6) is 0 Å². The van der Waals surface area contributed by atoms with E-state index in [4.69, 9.17) is 4.74 Å². The van der Waals surface area contributed by atoms with E-state index in [9.17, 15) is 19.2 Å². The van der Waals surface area contributed by atoms with Gasteiger partial charge in [0.05, 0.1) is 6.54 Å². The van der Waals surface area contributed by atoms with Gasteiger partial charge in [-0.2, -0.15) is 0 Å². The monoisotopic (exact) mass is 470 g/mol. The summed E-state index contributed by atoms with van der Waals surface area (Å²) < 4.78 is 5.42. The molecule has 4 rings (SSSR count). The van der Waals surface area contributed by atoms with Gasteiger partial charge in [0.25, 0.3) is 5.91 Å². The van der Waals surface area contributed by atoms with E-state index in [0.717, 1.165) is 50.3 Å². The molecule has 3 aliphatic rings. The van der Waals surface area contributed by atoms with E-state index >= 15 is 0 Å². The number of hydrogen-bond acceptors (Lipinski definition) is 7. The number of carbonyl (C=O) groups excluding carboxylic acids is 4. The third kappa shape index (κ3) is 5.64. The highest BCUT2D eigenvalue weighted by Crippen LogP contribution is 2.30. The lowest BCUT2D eigenvalue weighted by atomic mass is 10.0. The molecular weight excluding hydrogens is 436 g/mol. The number of piperazine rings is 1. The standard InChI is InChI=1S/C25H34N4O5/c1-25(2,3)34-22(31)16-28-13-11-27(12-14-28)10-9-17-5-4-6-18-19(17)15-29(24(18)33)20-7-8-21(30)26-23(20)32/h4-6,20H,7-16H2,1-3H3,(H,26,30,32). The number of fused-ring (bicyclic) bond motifs is 1. The first-order valence-corrected chi connectivity index (χ1v) is 12.0. The lowest BCUT2D eigenvalue weighted by molar-refractivity contribution is -0.156. The van der Waals surface area contributed by atoms with Crippen molar-refractivity contribution >= 4 is 23.7 Å². The van der Waals surface area contributed by atoms with Gasteiger partial charge in [-0.3, -0.25) is 29.4 Å². The number of piperidine rings is 1. The Kier molecular flexibility index (Phi) is 7.04. The van der Waals surface area contributed by atoms with Crippen LogP contribution >= 0.6 is 0 Å². The van der Waals surface area contributed by atoms with Crippen LogP contribution in [0.2, 0.25) is 0 Å². The van der Waals surface area contributed by atoms with Gasteiger partial charge in [-0.15, -0.1) is 0 Å². The number of benzene rings is 1. The van der Waals surface area contributed by atoms with Crippen LogP contribution in [0.3, 0.4) is 0 Å². The van der Waals surface area contributed by atoms with Crippen LogP contribution in [0, 0.1) is 0 Å². The molecular formula is C25H34N4O5. The molecule has 0 aromatic heterocycles. The van der Waals surface area contributed by atoms with E-state index in [2.05, 4.69) is 21.2 Å². The fourth-order valence-corrected chi connectivity index (χ4v) is 4.89. The van der Waals surface area contributed by atoms with Crippen molar-refractivity contribution in [1.82, 2.24) is 20.0 Å². The zero-order valence-corrected chi connectivity index (χ0v) is 20.3. The molecule has 0 spiro atoms. The third-order valence-corrected chi connectivity index (χ3v) is 6.61. The van der Waals surface area contributed by atoms with Gasteiger partial charge in [0.2, 0.25) is 11.8 Å². The second-order valence-electron chi connectivity index (χ2n) is 10.3. The van der Waals surface area contributed by atoms with Crippen molar-refractivity contribution in [2.24, 2.45) is 0 Å². The first-order chi connectivity index (χ1) is 16.1. The fraction of sp³-hybridized carbons (Fsp3) is 0.600. The molecule has 34 heavy (non-hydrogen) atoms. The molecule has 9 nitrogen and oxygen atoms in total. The van der Waals surface area contributed by atoms with Crippen molar-refractivity contribution < 1.29 is 23.9 Å². The van der Waals surface area contributed by atoms with E-state index in [1.54, 1.807) is 4.90 Å². The summed E-state index contributed by atoms with van der Waals surface area (Å²) in [7, 11) is 0. The van der Waals surface area contributed by atoms with Gasteiger partial charge < -0.3 is 14.5 Å². The molecule has 1 unspecified atom stereocenters. The van der Waals surface area contributed by atoms with Crippen molar-refractivity contribution in [3.8, 4) is 0 Å². The fourth-order valence-electron chi connectivity index (χ4n) is 4.89. The zero-order valence-electron chi connectivity index (χ0n) is 20.3. The number of hydrogen-bond donors (Lipinski definition) is 1. The summed E-state index contributed by atoms with van der Waals surface area (Å²) in [5.41, 5.74) is 2.30. The minimum atomic E-state index is -0.594. The number of amides is 3. The first kappa shape index (κ1) is 24.3. The number of esters is 1. The van der Waals surface area contributed by atoms with Gasteiger partial charge in [0, 0.05) is 51.3 Å². The number of nitrogens with zero attached hydrogens (tertiary/aromatic N) is 3. The van der Waals surface area contributed by atoms with Crippen LogP contribution in [-0.2, 0) is 32.1 Å². The van der Waals surface area contributed by atoms with Crippen LogP contribution in [0.1, 0.15) is 55.1 Å². The van der Waals surface area contributed by atoms with Crippen molar-refractivity contribution in [1.29, 1.82) is 0 Å². The zero-order chi connectivity index (χ0) is 24.5. The maximum Gasteiger partial charge on any atom is 0.320 e. The Morgan fingerprint density at radius 2 is 1.79 bits per heavy atom. The largest absolute Gasteiger partial charge is 0.459 e. The molecule has 3 amide bonds. The SMILES string of the molecule is CC(C)(C)OC(=O)CN1CCN(CCc2cccc3c2CN(C2CCC(=O)NC2=O)C3=O)CC1. The quantitative estimate of drug-likeness (QED) is 0.488. The second kappa shape index (κ2) is 9.84. The highest BCUT2D eigenvalue weighted by molar-refractivity contribution is 6.05. The number of rotatable bonds is 6. The molecule has 3 heterocycles. The van der Waals surface area contributed by atoms with Crippen LogP contribution in [0.25, 0.3) is 0 Å². The predicted octanol–water partition coefficient (Wildman–Crippen LogP) is 0.949. The van der Waals surface area contributed by atoms with Crippen LogP contribution in [-0.4, -0.2) is 89.3 Å². The third-order valence-electron chi connectivity index (χ3n) is 6.61. The minimum Gasteiger partial charge on any atom is -0.459 e. The summed E-state index contributed by atoms with van der Waals surface area (Å²) >= 11 is 0. The molecule has 0 saturated carbocycles. The summed E-state index contributed by atoms with van der Waals surface area (Å²) in [4.78, 5) is 55.0. The molecule has 1 N–H and O–H groups in total. The van der Waals surface area contributed by atoms with Gasteiger partial charge in [0.15, 0.2) is 0 Å². The number of imide groups is 1. The molecule has 2 saturated heterocycles. The predicted molar refractivity (Wildman–Crippen MR) is 125 cm³/mol. The van der Waals surface area contributed by atoms with Gasteiger partial charge in [-0.25, -0.2) is 0 Å². The normalized spacial score (nSPS) is 22.0. The van der Waals surface area contributed by atoms with Crippen LogP contribution in [0.4, 0.5) is 0 Å². The van der Waals surface area contributed by atoms with Crippen molar-refractivity contribution in [3.63, 3.8) is 0 Å². The van der Waals surface area contributed by atoms with Crippen LogP contribution in [0.15, 0.2) is 18.2 Å². The number of ether oxygens (including phenoxy) is 1. The van der Waals surface area contributed by atoms with E-state index in [-0.39, 0.29) is 30.1 Å². The maximum absolute atomic E-state index is 13.0. The van der Waals surface area contributed by atoms with Gasteiger partial charge in [-0.1, -0.05) is 12.1 Å². The molecule has 0 radical (unpaired) electrons. The topological polar surface area (TPSA) is 99.3 Å². The second-order valence-corrected chi connectivity index (χ2v) is 10.3. The molecule has 1 aromatic carbocycles. The summed E-state index contributed by atoms with van der Waals surface area (Å²) in [6.45, 7) is 10.6. The average molecular weight is 471 g/mol. The highest BCUT2D eigenvalue weighted by Gasteiger charge is 2.39. The van der Waals surface area contributed by atoms with E-state index in [0.29, 0.717) is 25.1 Å². The number of carbonyl (C=O) groups is 4. The Morgan fingerprint density at radius 1 is 1.09 bits per heavy atom. The van der Waals surface area contributed by atoms with Crippen molar-refractivity contribution in [2.75, 3.05) is 39.3 Å². The summed E-state index contributed by atoms with van der Waals surface area (Å²) in [6, 6.07) is 5.18. The Bertz CT molecular complexity index is 978. The molecule has 0 aliphatic carbocycles. The minimum absolute atomic E-state index is 0.137. The maximum atomic E-state index is 13.0. The molecule has 9 heteroatoms. The summed E-state index contributed by atoms with van der Waals surface area (Å²) in [6.07, 6.45) is 1.43. The lowest BCUT2D eigenvalue weighted by Crippen LogP contribution is -2.52. The Labute approximate surface area is 200 Å². The Morgan fingerprint density at radius 3 is 2.47 bits per heavy atom. The Hall–Kier alpha value is -2.78. The molecule has 2 fully saturated rings. The smallest absolute Gasteiger partial charge is 0.320 e. The first-order valence-electron chi connectivity index (χ1n) is 12.0. The number of nitrogens with one attached hydrogen (secondary N) is 1. The van der Waals surface area contributed by atoms with E-state index in [1.807, 2.05) is 32.9 Å². The van der Waals surface area contributed by atoms with E-state index in [1.165, 1.54) is 0 Å². The molecule has 0 bridgehead atoms. The van der Waals surface area contributed by atoms with Gasteiger partial charge >= 0.3 is 5.97 Å². The summed E-state index contributed by atoms with van der Waals surface area (Å²) in [5, 5.41) is 2.35. The van der Waals surface area contributed by atoms with Crippen molar-refractivity contribution in [3.05, 3.63) is 34.9 Å². The highest BCUT2D eigenvalue weighted by atomic mass is 16.6. The summed E-state index contributed by atoms with van der Waals surface area (Å²) in [5.74, 6) is -0.992. The van der Waals surface area contributed by atoms with Gasteiger partial charge in [0.1, 0.15) is 11.6 Å². The molecule has 3 aliphatic heterocycles. The molecule has 184 valence electrons. The van der Waals surface area contributed by atoms with Gasteiger partial charge in [-0.05, 0) is 50.8 Å². The molecule has 1 atom stereocenters. The average Bonchev–Trinajstić information content (AvgIpc) is 3.09.